The SMILES string of the molecule is CN=C(NCCCCn1c(C)cccc1=O)N1CCC2(CCOC2)C1.I. The van der Waals surface area contributed by atoms with Crippen molar-refractivity contribution in [3.63, 3.8) is 0 Å². The molecule has 0 bridgehead atoms. The van der Waals surface area contributed by atoms with Gasteiger partial charge in [-0.05, 0) is 38.7 Å². The molecule has 1 aromatic heterocycles. The molecule has 26 heavy (non-hydrogen) atoms. The maximum absolute atomic E-state index is 11.9. The summed E-state index contributed by atoms with van der Waals surface area (Å²) in [7, 11) is 1.85. The monoisotopic (exact) mass is 474 g/mol. The Morgan fingerprint density at radius 2 is 2.19 bits per heavy atom. The van der Waals surface area contributed by atoms with Crippen molar-refractivity contribution >= 4 is 29.9 Å². The van der Waals surface area contributed by atoms with E-state index in [1.54, 1.807) is 6.07 Å². The summed E-state index contributed by atoms with van der Waals surface area (Å²) in [4.78, 5) is 18.7. The standard InChI is InChI=1S/C19H30N4O2.HI/c1-16-6-5-7-17(24)23(16)11-4-3-10-21-18(20-2)22-12-8-19(14-22)9-13-25-15-19;/h5-7H,3-4,8-15H2,1-2H3,(H,20,21);1H. The van der Waals surface area contributed by atoms with Gasteiger partial charge in [0.2, 0.25) is 0 Å². The van der Waals surface area contributed by atoms with Crippen molar-refractivity contribution in [3.05, 3.63) is 34.2 Å². The quantitative estimate of drug-likeness (QED) is 0.308. The van der Waals surface area contributed by atoms with Gasteiger partial charge >= 0.3 is 0 Å². The predicted octanol–water partition coefficient (Wildman–Crippen LogP) is 2.24. The Kier molecular flexibility index (Phi) is 7.94. The number of hydrogen-bond acceptors (Lipinski definition) is 3. The number of likely N-dealkylation sites (tertiary alicyclic amines) is 1. The highest BCUT2D eigenvalue weighted by atomic mass is 127. The number of ether oxygens (including phenoxy) is 1. The largest absolute Gasteiger partial charge is 0.381 e. The molecule has 2 saturated heterocycles. The summed E-state index contributed by atoms with van der Waals surface area (Å²) < 4.78 is 7.45. The van der Waals surface area contributed by atoms with E-state index in [1.807, 2.05) is 30.7 Å². The summed E-state index contributed by atoms with van der Waals surface area (Å²) in [6, 6.07) is 5.43. The van der Waals surface area contributed by atoms with Crippen LogP contribution in [0.1, 0.15) is 31.4 Å². The molecule has 1 spiro atoms. The molecule has 2 aliphatic rings. The lowest BCUT2D eigenvalue weighted by Crippen LogP contribution is -2.41. The third kappa shape index (κ3) is 5.00. The van der Waals surface area contributed by atoms with Crippen molar-refractivity contribution in [2.75, 3.05) is 39.9 Å². The molecule has 0 saturated carbocycles. The van der Waals surface area contributed by atoms with Gasteiger partial charge in [-0.3, -0.25) is 9.79 Å². The fraction of sp³-hybridized carbons (Fsp3) is 0.684. The van der Waals surface area contributed by atoms with Crippen LogP contribution in [0.15, 0.2) is 28.0 Å². The molecule has 0 radical (unpaired) electrons. The molecule has 1 atom stereocenters. The summed E-state index contributed by atoms with van der Waals surface area (Å²) in [5.41, 5.74) is 1.46. The molecule has 2 fully saturated rings. The first-order valence-corrected chi connectivity index (χ1v) is 9.33. The lowest BCUT2D eigenvalue weighted by molar-refractivity contribution is 0.156. The highest BCUT2D eigenvalue weighted by Crippen LogP contribution is 2.38. The molecule has 146 valence electrons. The number of aryl methyl sites for hydroxylation is 1. The van der Waals surface area contributed by atoms with Crippen molar-refractivity contribution in [2.45, 2.75) is 39.2 Å². The van der Waals surface area contributed by atoms with Crippen molar-refractivity contribution in [1.82, 2.24) is 14.8 Å². The fourth-order valence-electron chi connectivity index (χ4n) is 3.92. The van der Waals surface area contributed by atoms with Crippen LogP contribution in [0.2, 0.25) is 0 Å². The van der Waals surface area contributed by atoms with E-state index in [0.29, 0.717) is 5.41 Å². The van der Waals surface area contributed by atoms with Crippen molar-refractivity contribution in [3.8, 4) is 0 Å². The molecule has 2 aliphatic heterocycles. The number of hydrogen-bond donors (Lipinski definition) is 1. The number of rotatable bonds is 5. The van der Waals surface area contributed by atoms with E-state index in [0.717, 1.165) is 63.9 Å². The third-order valence-corrected chi connectivity index (χ3v) is 5.49. The Labute approximate surface area is 173 Å². The lowest BCUT2D eigenvalue weighted by Gasteiger charge is -2.25. The van der Waals surface area contributed by atoms with Crippen LogP contribution in [0.3, 0.4) is 0 Å². The van der Waals surface area contributed by atoms with Crippen LogP contribution >= 0.6 is 24.0 Å². The maximum atomic E-state index is 11.9. The van der Waals surface area contributed by atoms with Gasteiger partial charge in [-0.25, -0.2) is 0 Å². The van der Waals surface area contributed by atoms with E-state index in [4.69, 9.17) is 4.74 Å². The summed E-state index contributed by atoms with van der Waals surface area (Å²) >= 11 is 0. The first kappa shape index (κ1) is 21.2. The van der Waals surface area contributed by atoms with E-state index in [1.165, 1.54) is 12.8 Å². The van der Waals surface area contributed by atoms with Crippen LogP contribution in [-0.2, 0) is 11.3 Å². The van der Waals surface area contributed by atoms with Gasteiger partial charge in [0.25, 0.3) is 5.56 Å². The maximum Gasteiger partial charge on any atom is 0.250 e. The molecule has 1 N–H and O–H groups in total. The van der Waals surface area contributed by atoms with Gasteiger partial charge in [-0.15, -0.1) is 24.0 Å². The minimum Gasteiger partial charge on any atom is -0.381 e. The van der Waals surface area contributed by atoms with E-state index < -0.39 is 0 Å². The van der Waals surface area contributed by atoms with Gasteiger partial charge in [-0.1, -0.05) is 6.07 Å². The predicted molar refractivity (Wildman–Crippen MR) is 116 cm³/mol. The van der Waals surface area contributed by atoms with Gasteiger partial charge in [0, 0.05) is 57.0 Å². The van der Waals surface area contributed by atoms with Gasteiger partial charge in [-0.2, -0.15) is 0 Å². The normalized spacial score (nSPS) is 22.7. The van der Waals surface area contributed by atoms with E-state index in [2.05, 4.69) is 15.2 Å². The second kappa shape index (κ2) is 9.73. The molecule has 0 aliphatic carbocycles. The Morgan fingerprint density at radius 3 is 2.88 bits per heavy atom. The smallest absolute Gasteiger partial charge is 0.250 e. The zero-order valence-electron chi connectivity index (χ0n) is 15.9. The molecule has 0 amide bonds. The van der Waals surface area contributed by atoms with Crippen molar-refractivity contribution in [2.24, 2.45) is 10.4 Å². The summed E-state index contributed by atoms with van der Waals surface area (Å²) in [6.45, 7) is 7.54. The van der Waals surface area contributed by atoms with Gasteiger partial charge in [0.1, 0.15) is 0 Å². The van der Waals surface area contributed by atoms with Crippen LogP contribution in [0.5, 0.6) is 0 Å². The van der Waals surface area contributed by atoms with Crippen LogP contribution in [-0.4, -0.2) is 55.3 Å². The van der Waals surface area contributed by atoms with Crippen molar-refractivity contribution < 1.29 is 4.74 Å². The van der Waals surface area contributed by atoms with E-state index >= 15 is 0 Å². The Bertz CT molecular complexity index is 668. The highest BCUT2D eigenvalue weighted by molar-refractivity contribution is 14.0. The molecular formula is C19H31IN4O2. The van der Waals surface area contributed by atoms with Crippen molar-refractivity contribution in [1.29, 1.82) is 0 Å². The average molecular weight is 474 g/mol. The first-order valence-electron chi connectivity index (χ1n) is 9.33. The number of nitrogens with zero attached hydrogens (tertiary/aromatic N) is 3. The van der Waals surface area contributed by atoms with E-state index in [9.17, 15) is 4.79 Å². The van der Waals surface area contributed by atoms with Gasteiger partial charge < -0.3 is 19.5 Å². The molecule has 7 heteroatoms. The Hall–Kier alpha value is -1.09. The van der Waals surface area contributed by atoms with Crippen LogP contribution in [0, 0.1) is 12.3 Å². The first-order chi connectivity index (χ1) is 12.1. The minimum absolute atomic E-state index is 0. The number of pyridine rings is 1. The molecule has 6 nitrogen and oxygen atoms in total. The molecule has 1 aromatic rings. The molecule has 0 aromatic carbocycles. The number of halogens is 1. The fourth-order valence-corrected chi connectivity index (χ4v) is 3.92. The Balaban J connectivity index is 0.00000243. The number of aromatic nitrogens is 1. The van der Waals surface area contributed by atoms with Crippen LogP contribution < -0.4 is 10.9 Å². The topological polar surface area (TPSA) is 58.9 Å². The Morgan fingerprint density at radius 1 is 1.35 bits per heavy atom. The molecule has 3 heterocycles. The number of unbranched alkanes of at least 4 members (excludes halogenated alkanes) is 1. The number of guanidine groups is 1. The summed E-state index contributed by atoms with van der Waals surface area (Å²) in [5, 5.41) is 3.48. The number of aliphatic imine (C=N–C) groups is 1. The van der Waals surface area contributed by atoms with Gasteiger partial charge in [0.15, 0.2) is 5.96 Å². The second-order valence-electron chi connectivity index (χ2n) is 7.31. The zero-order chi connectivity index (χ0) is 17.7. The minimum atomic E-state index is 0. The molecule has 3 rings (SSSR count). The lowest BCUT2D eigenvalue weighted by atomic mass is 9.87. The average Bonchev–Trinajstić information content (AvgIpc) is 3.23. The number of nitrogens with one attached hydrogen (secondary N) is 1. The van der Waals surface area contributed by atoms with Crippen LogP contribution in [0.25, 0.3) is 0 Å². The third-order valence-electron chi connectivity index (χ3n) is 5.49. The second-order valence-corrected chi connectivity index (χ2v) is 7.31. The zero-order valence-corrected chi connectivity index (χ0v) is 18.2. The van der Waals surface area contributed by atoms with E-state index in [-0.39, 0.29) is 29.5 Å². The highest BCUT2D eigenvalue weighted by Gasteiger charge is 2.42. The van der Waals surface area contributed by atoms with Crippen LogP contribution in [0.4, 0.5) is 0 Å². The summed E-state index contributed by atoms with van der Waals surface area (Å²) in [5.74, 6) is 0.997. The van der Waals surface area contributed by atoms with Gasteiger partial charge in [0.05, 0.1) is 6.61 Å². The summed E-state index contributed by atoms with van der Waals surface area (Å²) in [6.07, 6.45) is 4.37. The molecular weight excluding hydrogens is 443 g/mol. The molecule has 1 unspecified atom stereocenters.